The fraction of sp³-hybridized carbons (Fsp3) is 0.364. The maximum absolute atomic E-state index is 13.6. The van der Waals surface area contributed by atoms with Crippen molar-refractivity contribution in [1.29, 1.82) is 0 Å². The SMILES string of the molecule is Cc1c(F)cccc1OC(=O)N1CCC([C@@H](C)NC(=O)c2ccccc2)CC1. The molecule has 0 radical (unpaired) electrons. The standard InChI is InChI=1S/C22H25FN2O3/c1-15-19(23)9-6-10-20(15)28-22(27)25-13-11-17(12-14-25)16(2)24-21(26)18-7-4-3-5-8-18/h3-10,16-17H,11-14H2,1-2H3,(H,24,26)/t16-/m1/s1. The van der Waals surface area contributed by atoms with E-state index in [9.17, 15) is 14.0 Å². The number of nitrogens with zero attached hydrogens (tertiary/aromatic N) is 1. The third kappa shape index (κ3) is 4.68. The highest BCUT2D eigenvalue weighted by molar-refractivity contribution is 5.94. The lowest BCUT2D eigenvalue weighted by Gasteiger charge is -2.34. The Morgan fingerprint density at radius 1 is 1.11 bits per heavy atom. The van der Waals surface area contributed by atoms with Crippen molar-refractivity contribution in [2.75, 3.05) is 13.1 Å². The van der Waals surface area contributed by atoms with Gasteiger partial charge in [-0.1, -0.05) is 24.3 Å². The zero-order chi connectivity index (χ0) is 20.1. The molecule has 1 N–H and O–H groups in total. The highest BCUT2D eigenvalue weighted by atomic mass is 19.1. The molecule has 1 aliphatic heterocycles. The molecule has 1 aliphatic rings. The predicted molar refractivity (Wildman–Crippen MR) is 105 cm³/mol. The van der Waals surface area contributed by atoms with Gasteiger partial charge in [0.1, 0.15) is 11.6 Å². The van der Waals surface area contributed by atoms with Crippen molar-refractivity contribution >= 4 is 12.0 Å². The van der Waals surface area contributed by atoms with Crippen molar-refractivity contribution in [2.24, 2.45) is 5.92 Å². The summed E-state index contributed by atoms with van der Waals surface area (Å²) in [5.41, 5.74) is 0.962. The number of ether oxygens (including phenoxy) is 1. The largest absolute Gasteiger partial charge is 0.415 e. The first-order valence-corrected chi connectivity index (χ1v) is 9.53. The average Bonchev–Trinajstić information content (AvgIpc) is 2.72. The number of hydrogen-bond acceptors (Lipinski definition) is 3. The molecule has 0 bridgehead atoms. The number of halogens is 1. The topological polar surface area (TPSA) is 58.6 Å². The van der Waals surface area contributed by atoms with E-state index in [1.807, 2.05) is 25.1 Å². The molecule has 148 valence electrons. The molecular weight excluding hydrogens is 359 g/mol. The zero-order valence-corrected chi connectivity index (χ0v) is 16.2. The van der Waals surface area contributed by atoms with Crippen molar-refractivity contribution in [1.82, 2.24) is 10.2 Å². The molecule has 5 nitrogen and oxygen atoms in total. The van der Waals surface area contributed by atoms with E-state index < -0.39 is 11.9 Å². The fourth-order valence-electron chi connectivity index (χ4n) is 3.44. The Morgan fingerprint density at radius 2 is 1.79 bits per heavy atom. The molecule has 2 aromatic rings. The second kappa shape index (κ2) is 8.87. The fourth-order valence-corrected chi connectivity index (χ4v) is 3.44. The highest BCUT2D eigenvalue weighted by Crippen LogP contribution is 2.24. The number of rotatable bonds is 4. The normalized spacial score (nSPS) is 15.8. The van der Waals surface area contributed by atoms with Crippen LogP contribution in [0.2, 0.25) is 0 Å². The molecule has 0 aliphatic carbocycles. The number of amides is 2. The van der Waals surface area contributed by atoms with Crippen LogP contribution >= 0.6 is 0 Å². The summed E-state index contributed by atoms with van der Waals surface area (Å²) >= 11 is 0. The van der Waals surface area contributed by atoms with E-state index in [0.29, 0.717) is 24.2 Å². The third-order valence-corrected chi connectivity index (χ3v) is 5.31. The van der Waals surface area contributed by atoms with Crippen LogP contribution in [0.4, 0.5) is 9.18 Å². The van der Waals surface area contributed by atoms with Gasteiger partial charge in [0.05, 0.1) is 0 Å². The number of carbonyl (C=O) groups is 2. The molecule has 1 atom stereocenters. The Kier molecular flexibility index (Phi) is 6.29. The quantitative estimate of drug-likeness (QED) is 0.861. The first kappa shape index (κ1) is 19.9. The Hall–Kier alpha value is -2.89. The molecule has 6 heteroatoms. The average molecular weight is 384 g/mol. The monoisotopic (exact) mass is 384 g/mol. The van der Waals surface area contributed by atoms with Gasteiger partial charge >= 0.3 is 6.09 Å². The molecule has 0 aromatic heterocycles. The second-order valence-electron chi connectivity index (χ2n) is 7.18. The number of nitrogens with one attached hydrogen (secondary N) is 1. The van der Waals surface area contributed by atoms with Crippen molar-refractivity contribution < 1.29 is 18.7 Å². The zero-order valence-electron chi connectivity index (χ0n) is 16.2. The minimum atomic E-state index is -0.465. The maximum atomic E-state index is 13.6. The van der Waals surface area contributed by atoms with Crippen molar-refractivity contribution in [3.63, 3.8) is 0 Å². The maximum Gasteiger partial charge on any atom is 0.415 e. The van der Waals surface area contributed by atoms with Gasteiger partial charge in [0.2, 0.25) is 0 Å². The summed E-state index contributed by atoms with van der Waals surface area (Å²) < 4.78 is 19.0. The minimum Gasteiger partial charge on any atom is -0.410 e. The predicted octanol–water partition coefficient (Wildman–Crippen LogP) is 4.16. The smallest absolute Gasteiger partial charge is 0.410 e. The molecule has 0 unspecified atom stereocenters. The minimum absolute atomic E-state index is 0.0105. The van der Waals surface area contributed by atoms with E-state index >= 15 is 0 Å². The molecular formula is C22H25FN2O3. The molecule has 3 rings (SSSR count). The van der Waals surface area contributed by atoms with Crippen LogP contribution in [-0.4, -0.2) is 36.0 Å². The lowest BCUT2D eigenvalue weighted by Crippen LogP contribution is -2.46. The van der Waals surface area contributed by atoms with Gasteiger partial charge in [-0.25, -0.2) is 9.18 Å². The lowest BCUT2D eigenvalue weighted by molar-refractivity contribution is 0.0895. The first-order valence-electron chi connectivity index (χ1n) is 9.53. The van der Waals surface area contributed by atoms with Crippen LogP contribution in [0.5, 0.6) is 5.75 Å². The summed E-state index contributed by atoms with van der Waals surface area (Å²) in [4.78, 5) is 26.3. The van der Waals surface area contributed by atoms with Crippen LogP contribution in [0.1, 0.15) is 35.7 Å². The molecule has 1 saturated heterocycles. The van der Waals surface area contributed by atoms with Crippen LogP contribution in [0.3, 0.4) is 0 Å². The van der Waals surface area contributed by atoms with Gasteiger partial charge in [0.25, 0.3) is 5.91 Å². The Balaban J connectivity index is 1.50. The van der Waals surface area contributed by atoms with Crippen molar-refractivity contribution in [2.45, 2.75) is 32.7 Å². The molecule has 1 heterocycles. The summed E-state index contributed by atoms with van der Waals surface area (Å²) in [5.74, 6) is 0.0479. The number of benzene rings is 2. The van der Waals surface area contributed by atoms with E-state index in [1.165, 1.54) is 12.1 Å². The van der Waals surface area contributed by atoms with E-state index in [2.05, 4.69) is 5.32 Å². The van der Waals surface area contributed by atoms with Gasteiger partial charge < -0.3 is 15.0 Å². The summed E-state index contributed by atoms with van der Waals surface area (Å²) in [6.07, 6.45) is 1.08. The van der Waals surface area contributed by atoms with Crippen LogP contribution in [0.15, 0.2) is 48.5 Å². The summed E-state index contributed by atoms with van der Waals surface area (Å²) in [5, 5.41) is 3.05. The highest BCUT2D eigenvalue weighted by Gasteiger charge is 2.28. The summed E-state index contributed by atoms with van der Waals surface area (Å²) in [6.45, 7) is 4.67. The van der Waals surface area contributed by atoms with Gasteiger partial charge in [-0.15, -0.1) is 0 Å². The second-order valence-corrected chi connectivity index (χ2v) is 7.18. The number of piperidine rings is 1. The van der Waals surface area contributed by atoms with Crippen LogP contribution in [-0.2, 0) is 0 Å². The van der Waals surface area contributed by atoms with E-state index in [1.54, 1.807) is 30.0 Å². The molecule has 0 saturated carbocycles. The van der Waals surface area contributed by atoms with Gasteiger partial charge in [-0.05, 0) is 56.9 Å². The number of likely N-dealkylation sites (tertiary alicyclic amines) is 1. The Morgan fingerprint density at radius 3 is 2.46 bits per heavy atom. The Bertz CT molecular complexity index is 833. The molecule has 2 aromatic carbocycles. The van der Waals surface area contributed by atoms with Gasteiger partial charge in [0.15, 0.2) is 0 Å². The van der Waals surface area contributed by atoms with E-state index in [0.717, 1.165) is 12.8 Å². The Labute approximate surface area is 164 Å². The van der Waals surface area contributed by atoms with Crippen LogP contribution in [0.25, 0.3) is 0 Å². The summed E-state index contributed by atoms with van der Waals surface area (Å²) in [6, 6.07) is 13.6. The van der Waals surface area contributed by atoms with E-state index in [-0.39, 0.29) is 23.6 Å². The third-order valence-electron chi connectivity index (χ3n) is 5.31. The van der Waals surface area contributed by atoms with E-state index in [4.69, 9.17) is 4.74 Å². The first-order chi connectivity index (χ1) is 13.5. The molecule has 1 fully saturated rings. The van der Waals surface area contributed by atoms with Gasteiger partial charge in [-0.2, -0.15) is 0 Å². The van der Waals surface area contributed by atoms with Gasteiger partial charge in [0, 0.05) is 30.3 Å². The number of carbonyl (C=O) groups excluding carboxylic acids is 2. The van der Waals surface area contributed by atoms with Crippen molar-refractivity contribution in [3.8, 4) is 5.75 Å². The van der Waals surface area contributed by atoms with Crippen molar-refractivity contribution in [3.05, 3.63) is 65.5 Å². The summed E-state index contributed by atoms with van der Waals surface area (Å²) in [7, 11) is 0. The lowest BCUT2D eigenvalue weighted by atomic mass is 9.90. The molecule has 2 amide bonds. The molecule has 0 spiro atoms. The van der Waals surface area contributed by atoms with Crippen LogP contribution < -0.4 is 10.1 Å². The van der Waals surface area contributed by atoms with Gasteiger partial charge in [-0.3, -0.25) is 4.79 Å². The number of hydrogen-bond donors (Lipinski definition) is 1. The molecule has 28 heavy (non-hydrogen) atoms. The van der Waals surface area contributed by atoms with Crippen LogP contribution in [0, 0.1) is 18.7 Å².